The van der Waals surface area contributed by atoms with Crippen molar-refractivity contribution in [3.05, 3.63) is 59.4 Å². The van der Waals surface area contributed by atoms with E-state index in [2.05, 4.69) is 0 Å². The van der Waals surface area contributed by atoms with Crippen molar-refractivity contribution in [1.82, 2.24) is 9.80 Å². The number of aryl methyl sites for hydroxylation is 1. The molecule has 0 radical (unpaired) electrons. The molecule has 0 unspecified atom stereocenters. The Hall–Kier alpha value is -3.09. The monoisotopic (exact) mass is 384 g/mol. The fourth-order valence-electron chi connectivity index (χ4n) is 3.47. The average molecular weight is 384 g/mol. The van der Waals surface area contributed by atoms with Crippen LogP contribution in [0.4, 0.5) is 4.39 Å². The molecule has 2 aliphatic rings. The van der Waals surface area contributed by atoms with Crippen LogP contribution in [0.3, 0.4) is 0 Å². The summed E-state index contributed by atoms with van der Waals surface area (Å²) in [6.07, 6.45) is 0.638. The average Bonchev–Trinajstić information content (AvgIpc) is 3.20. The molecule has 1 saturated heterocycles. The molecule has 2 amide bonds. The van der Waals surface area contributed by atoms with E-state index in [9.17, 15) is 14.0 Å². The highest BCUT2D eigenvalue weighted by atomic mass is 19.1. The van der Waals surface area contributed by atoms with Crippen LogP contribution in [0.1, 0.15) is 22.3 Å². The third kappa shape index (κ3) is 3.78. The summed E-state index contributed by atoms with van der Waals surface area (Å²) < 4.78 is 24.3. The van der Waals surface area contributed by atoms with E-state index in [1.165, 1.54) is 6.07 Å². The number of rotatable bonds is 4. The number of carbonyl (C=O) groups excluding carboxylic acids is 2. The number of halogens is 1. The second-order valence-electron chi connectivity index (χ2n) is 6.83. The van der Waals surface area contributed by atoms with Crippen LogP contribution in [0.5, 0.6) is 11.5 Å². The second-order valence-corrected chi connectivity index (χ2v) is 6.83. The normalized spacial score (nSPS) is 15.6. The molecule has 0 saturated carbocycles. The maximum Gasteiger partial charge on any atom is 0.254 e. The molecule has 4 rings (SSSR count). The zero-order valence-corrected chi connectivity index (χ0v) is 15.4. The van der Waals surface area contributed by atoms with Gasteiger partial charge < -0.3 is 19.3 Å². The van der Waals surface area contributed by atoms with Gasteiger partial charge >= 0.3 is 0 Å². The van der Waals surface area contributed by atoms with Crippen molar-refractivity contribution in [2.24, 2.45) is 0 Å². The predicted octanol–water partition coefficient (Wildman–Crippen LogP) is 2.47. The fourth-order valence-corrected chi connectivity index (χ4v) is 3.47. The topological polar surface area (TPSA) is 59.1 Å². The lowest BCUT2D eigenvalue weighted by Gasteiger charge is -2.35. The molecular formula is C21H21FN2O4. The van der Waals surface area contributed by atoms with E-state index >= 15 is 0 Å². The molecule has 0 aromatic heterocycles. The van der Waals surface area contributed by atoms with Crippen molar-refractivity contribution in [2.75, 3.05) is 33.0 Å². The first kappa shape index (κ1) is 18.3. The lowest BCUT2D eigenvalue weighted by Crippen LogP contribution is -2.50. The molecule has 7 heteroatoms. The molecule has 0 bridgehead atoms. The summed E-state index contributed by atoms with van der Waals surface area (Å²) in [5, 5.41) is 0. The van der Waals surface area contributed by atoms with E-state index in [4.69, 9.17) is 9.47 Å². The van der Waals surface area contributed by atoms with Gasteiger partial charge in [0.1, 0.15) is 5.82 Å². The fraction of sp³-hybridized carbons (Fsp3) is 0.333. The Kier molecular flexibility index (Phi) is 5.14. The van der Waals surface area contributed by atoms with Gasteiger partial charge in [-0.25, -0.2) is 4.39 Å². The quantitative estimate of drug-likeness (QED) is 0.813. The first-order valence-corrected chi connectivity index (χ1v) is 9.32. The van der Waals surface area contributed by atoms with E-state index in [0.717, 1.165) is 0 Å². The number of fused-ring (bicyclic) bond motifs is 1. The number of carbonyl (C=O) groups is 2. The van der Waals surface area contributed by atoms with E-state index < -0.39 is 0 Å². The first-order chi connectivity index (χ1) is 13.6. The van der Waals surface area contributed by atoms with Gasteiger partial charge in [-0.1, -0.05) is 18.2 Å². The van der Waals surface area contributed by atoms with Crippen molar-refractivity contribution in [2.45, 2.75) is 12.8 Å². The van der Waals surface area contributed by atoms with E-state index in [0.29, 0.717) is 55.2 Å². The molecule has 0 spiro atoms. The molecule has 0 aliphatic carbocycles. The molecule has 28 heavy (non-hydrogen) atoms. The van der Waals surface area contributed by atoms with Gasteiger partial charge in [-0.2, -0.15) is 0 Å². The highest BCUT2D eigenvalue weighted by Gasteiger charge is 2.26. The van der Waals surface area contributed by atoms with Crippen LogP contribution in [0.25, 0.3) is 0 Å². The Morgan fingerprint density at radius 3 is 2.43 bits per heavy atom. The number of hydrogen-bond acceptors (Lipinski definition) is 4. The number of amides is 2. The van der Waals surface area contributed by atoms with Crippen LogP contribution in [0, 0.1) is 5.82 Å². The number of ether oxygens (including phenoxy) is 2. The van der Waals surface area contributed by atoms with Gasteiger partial charge in [0.15, 0.2) is 11.5 Å². The highest BCUT2D eigenvalue weighted by molar-refractivity contribution is 5.95. The second kappa shape index (κ2) is 7.88. The molecule has 2 aliphatic heterocycles. The Bertz CT molecular complexity index is 894. The summed E-state index contributed by atoms with van der Waals surface area (Å²) in [6.45, 7) is 2.07. The maximum atomic E-state index is 13.7. The van der Waals surface area contributed by atoms with Gasteiger partial charge in [-0.3, -0.25) is 9.59 Å². The third-order valence-electron chi connectivity index (χ3n) is 5.11. The summed E-state index contributed by atoms with van der Waals surface area (Å²) in [5.41, 5.74) is 1.09. The molecule has 146 valence electrons. The molecule has 2 aromatic carbocycles. The van der Waals surface area contributed by atoms with Crippen LogP contribution >= 0.6 is 0 Å². The van der Waals surface area contributed by atoms with Gasteiger partial charge in [0, 0.05) is 38.2 Å². The van der Waals surface area contributed by atoms with Crippen LogP contribution < -0.4 is 9.47 Å². The van der Waals surface area contributed by atoms with Crippen LogP contribution in [-0.4, -0.2) is 54.6 Å². The first-order valence-electron chi connectivity index (χ1n) is 9.32. The minimum absolute atomic E-state index is 0.0153. The zero-order chi connectivity index (χ0) is 19.5. The van der Waals surface area contributed by atoms with Gasteiger partial charge in [0.05, 0.1) is 0 Å². The van der Waals surface area contributed by atoms with Crippen LogP contribution in [0.15, 0.2) is 42.5 Å². The molecule has 2 heterocycles. The number of nitrogens with zero attached hydrogens (tertiary/aromatic N) is 2. The predicted molar refractivity (Wildman–Crippen MR) is 99.8 cm³/mol. The summed E-state index contributed by atoms with van der Waals surface area (Å²) in [7, 11) is 0. The minimum atomic E-state index is -0.283. The van der Waals surface area contributed by atoms with Crippen molar-refractivity contribution in [1.29, 1.82) is 0 Å². The van der Waals surface area contributed by atoms with Crippen LogP contribution in [-0.2, 0) is 11.2 Å². The lowest BCUT2D eigenvalue weighted by atomic mass is 10.1. The Morgan fingerprint density at radius 1 is 0.929 bits per heavy atom. The number of benzene rings is 2. The van der Waals surface area contributed by atoms with Crippen LogP contribution in [0.2, 0.25) is 0 Å². The molecule has 1 fully saturated rings. The van der Waals surface area contributed by atoms with Crippen molar-refractivity contribution >= 4 is 11.8 Å². The molecule has 0 N–H and O–H groups in total. The smallest absolute Gasteiger partial charge is 0.254 e. The summed E-state index contributed by atoms with van der Waals surface area (Å²) in [4.78, 5) is 28.6. The summed E-state index contributed by atoms with van der Waals surface area (Å²) >= 11 is 0. The molecule has 2 aromatic rings. The third-order valence-corrected chi connectivity index (χ3v) is 5.11. The maximum absolute atomic E-state index is 13.7. The highest BCUT2D eigenvalue weighted by Crippen LogP contribution is 2.32. The Balaban J connectivity index is 1.30. The molecule has 6 nitrogen and oxygen atoms in total. The molecular weight excluding hydrogens is 363 g/mol. The molecule has 0 atom stereocenters. The van der Waals surface area contributed by atoms with Crippen molar-refractivity contribution in [3.8, 4) is 11.5 Å². The number of piperazine rings is 1. The van der Waals surface area contributed by atoms with E-state index in [1.807, 2.05) is 0 Å². The van der Waals surface area contributed by atoms with E-state index in [-0.39, 0.29) is 30.8 Å². The SMILES string of the molecule is O=C(CCc1ccccc1F)N1CCN(C(=O)c2ccc3c(c2)OCO3)CC1. The van der Waals surface area contributed by atoms with Crippen molar-refractivity contribution in [3.63, 3.8) is 0 Å². The van der Waals surface area contributed by atoms with Gasteiger partial charge in [0.25, 0.3) is 5.91 Å². The lowest BCUT2D eigenvalue weighted by molar-refractivity contribution is -0.132. The van der Waals surface area contributed by atoms with E-state index in [1.54, 1.807) is 46.2 Å². The summed E-state index contributed by atoms with van der Waals surface area (Å²) in [6, 6.07) is 11.7. The largest absolute Gasteiger partial charge is 0.454 e. The van der Waals surface area contributed by atoms with Gasteiger partial charge in [-0.05, 0) is 36.2 Å². The van der Waals surface area contributed by atoms with Gasteiger partial charge in [0.2, 0.25) is 12.7 Å². The minimum Gasteiger partial charge on any atom is -0.454 e. The summed E-state index contributed by atoms with van der Waals surface area (Å²) in [5.74, 6) is 0.833. The van der Waals surface area contributed by atoms with Crippen molar-refractivity contribution < 1.29 is 23.5 Å². The zero-order valence-electron chi connectivity index (χ0n) is 15.4. The number of hydrogen-bond donors (Lipinski definition) is 0. The van der Waals surface area contributed by atoms with Gasteiger partial charge in [-0.15, -0.1) is 0 Å². The Labute approximate surface area is 162 Å². The standard InChI is InChI=1S/C21H21FN2O4/c22-17-4-2-1-3-15(17)6-8-20(25)23-9-11-24(12-10-23)21(26)16-5-7-18-19(13-16)28-14-27-18/h1-5,7,13H,6,8-12,14H2. The Morgan fingerprint density at radius 2 is 1.64 bits per heavy atom.